The van der Waals surface area contributed by atoms with Crippen molar-refractivity contribution >= 4 is 11.9 Å². The molecule has 0 bridgehead atoms. The highest BCUT2D eigenvalue weighted by atomic mass is 16.4. The molecule has 0 saturated heterocycles. The Hall–Kier alpha value is -1.32. The van der Waals surface area contributed by atoms with E-state index in [-0.39, 0.29) is 17.8 Å². The van der Waals surface area contributed by atoms with Gasteiger partial charge in [-0.15, -0.1) is 0 Å². The van der Waals surface area contributed by atoms with Gasteiger partial charge in [0.2, 0.25) is 5.91 Å². The Kier molecular flexibility index (Phi) is 4.91. The zero-order valence-electron chi connectivity index (χ0n) is 16.8. The van der Waals surface area contributed by atoms with Crippen molar-refractivity contribution in [3.63, 3.8) is 0 Å². The molecule has 0 aromatic carbocycles. The predicted molar refractivity (Wildman–Crippen MR) is 99.7 cm³/mol. The molecule has 2 fully saturated rings. The first kappa shape index (κ1) is 20.0. The van der Waals surface area contributed by atoms with Crippen molar-refractivity contribution in [1.29, 1.82) is 0 Å². The van der Waals surface area contributed by atoms with Crippen molar-refractivity contribution in [2.24, 2.45) is 45.7 Å². The van der Waals surface area contributed by atoms with Crippen LogP contribution in [0.25, 0.3) is 0 Å². The van der Waals surface area contributed by atoms with Gasteiger partial charge in [0.25, 0.3) is 0 Å². The molecule has 0 spiro atoms. The predicted octanol–water partition coefficient (Wildman–Crippen LogP) is 4.24. The number of amides is 1. The first-order valence-electron chi connectivity index (χ1n) is 9.55. The fraction of sp³-hybridized carbons (Fsp3) is 0.810. The molecule has 142 valence electrons. The summed E-state index contributed by atoms with van der Waals surface area (Å²) < 4.78 is 0. The third kappa shape index (κ3) is 2.47. The summed E-state index contributed by atoms with van der Waals surface area (Å²) in [5.74, 6) is -0.910. The SMILES string of the molecule is CC(C)=C[C@H]1C(C)(C)[C@@]1(C(=O)O)[C@@]1(C(N)=O)C[C@@H](C)CC[C@@H]1C(C)C. The van der Waals surface area contributed by atoms with Crippen LogP contribution in [0.4, 0.5) is 0 Å². The second-order valence-corrected chi connectivity index (χ2v) is 9.63. The summed E-state index contributed by atoms with van der Waals surface area (Å²) in [5.41, 5.74) is 4.53. The summed E-state index contributed by atoms with van der Waals surface area (Å²) in [6.45, 7) is 14.3. The van der Waals surface area contributed by atoms with Gasteiger partial charge >= 0.3 is 5.97 Å². The fourth-order valence-electron chi connectivity index (χ4n) is 6.27. The van der Waals surface area contributed by atoms with E-state index >= 15 is 0 Å². The van der Waals surface area contributed by atoms with E-state index in [1.54, 1.807) is 0 Å². The van der Waals surface area contributed by atoms with Crippen LogP contribution in [0.5, 0.6) is 0 Å². The monoisotopic (exact) mass is 349 g/mol. The smallest absolute Gasteiger partial charge is 0.311 e. The van der Waals surface area contributed by atoms with Gasteiger partial charge in [0.1, 0.15) is 0 Å². The molecule has 3 N–H and O–H groups in total. The molecule has 0 heterocycles. The second-order valence-electron chi connectivity index (χ2n) is 9.63. The number of carboxylic acid groups (broad SMARTS) is 1. The minimum Gasteiger partial charge on any atom is -0.481 e. The molecule has 0 aliphatic heterocycles. The minimum atomic E-state index is -1.12. The first-order valence-corrected chi connectivity index (χ1v) is 9.55. The van der Waals surface area contributed by atoms with Gasteiger partial charge in [-0.3, -0.25) is 9.59 Å². The lowest BCUT2D eigenvalue weighted by Crippen LogP contribution is -2.58. The highest BCUT2D eigenvalue weighted by Crippen LogP contribution is 2.80. The Morgan fingerprint density at radius 2 is 1.76 bits per heavy atom. The molecule has 0 radical (unpaired) electrons. The summed E-state index contributed by atoms with van der Waals surface area (Å²) >= 11 is 0. The molecular formula is C21H35NO3. The Morgan fingerprint density at radius 1 is 1.20 bits per heavy atom. The van der Waals surface area contributed by atoms with Crippen LogP contribution in [0, 0.1) is 39.9 Å². The molecule has 2 saturated carbocycles. The van der Waals surface area contributed by atoms with E-state index in [1.807, 2.05) is 27.7 Å². The van der Waals surface area contributed by atoms with Crippen molar-refractivity contribution in [3.8, 4) is 0 Å². The van der Waals surface area contributed by atoms with E-state index in [4.69, 9.17) is 5.73 Å². The van der Waals surface area contributed by atoms with Crippen LogP contribution in [-0.4, -0.2) is 17.0 Å². The van der Waals surface area contributed by atoms with Gasteiger partial charge in [0.15, 0.2) is 0 Å². The number of rotatable bonds is 5. The third-order valence-electron chi connectivity index (χ3n) is 7.24. The van der Waals surface area contributed by atoms with Crippen molar-refractivity contribution in [3.05, 3.63) is 11.6 Å². The first-order chi connectivity index (χ1) is 11.4. The topological polar surface area (TPSA) is 80.4 Å². The number of allylic oxidation sites excluding steroid dienone is 2. The van der Waals surface area contributed by atoms with Crippen molar-refractivity contribution in [2.45, 2.75) is 67.7 Å². The molecule has 2 rings (SSSR count). The number of hydrogen-bond acceptors (Lipinski definition) is 2. The van der Waals surface area contributed by atoms with Gasteiger partial charge in [-0.05, 0) is 49.9 Å². The largest absolute Gasteiger partial charge is 0.481 e. The highest BCUT2D eigenvalue weighted by Gasteiger charge is 2.85. The number of primary amides is 1. The maximum Gasteiger partial charge on any atom is 0.311 e. The van der Waals surface area contributed by atoms with Gasteiger partial charge in [-0.1, -0.05) is 52.7 Å². The van der Waals surface area contributed by atoms with Crippen LogP contribution in [-0.2, 0) is 9.59 Å². The molecule has 4 heteroatoms. The summed E-state index contributed by atoms with van der Waals surface area (Å²) in [6, 6.07) is 0. The van der Waals surface area contributed by atoms with E-state index in [2.05, 4.69) is 26.8 Å². The molecule has 0 unspecified atom stereocenters. The maximum absolute atomic E-state index is 13.0. The average Bonchev–Trinajstić information content (AvgIpc) is 2.94. The Morgan fingerprint density at radius 3 is 2.16 bits per heavy atom. The van der Waals surface area contributed by atoms with Crippen LogP contribution in [0.1, 0.15) is 67.7 Å². The Balaban J connectivity index is 2.77. The van der Waals surface area contributed by atoms with E-state index < -0.39 is 28.1 Å². The van der Waals surface area contributed by atoms with Gasteiger partial charge in [-0.25, -0.2) is 0 Å². The number of carbonyl (C=O) groups is 2. The van der Waals surface area contributed by atoms with Crippen LogP contribution in [0.3, 0.4) is 0 Å². The van der Waals surface area contributed by atoms with Crippen LogP contribution in [0.15, 0.2) is 11.6 Å². The zero-order valence-corrected chi connectivity index (χ0v) is 16.8. The zero-order chi connectivity index (χ0) is 19.4. The number of nitrogens with two attached hydrogens (primary N) is 1. The lowest BCUT2D eigenvalue weighted by molar-refractivity contribution is -0.169. The van der Waals surface area contributed by atoms with E-state index in [9.17, 15) is 14.7 Å². The normalized spacial score (nSPS) is 39.8. The molecule has 1 amide bonds. The number of aliphatic carboxylic acids is 1. The van der Waals surface area contributed by atoms with Gasteiger partial charge in [0, 0.05) is 5.92 Å². The molecule has 4 nitrogen and oxygen atoms in total. The van der Waals surface area contributed by atoms with Gasteiger partial charge in [0.05, 0.1) is 10.8 Å². The molecule has 0 aromatic rings. The summed E-state index contributed by atoms with van der Waals surface area (Å²) in [6.07, 6.45) is 4.53. The lowest BCUT2D eigenvalue weighted by Gasteiger charge is -2.51. The molecule has 25 heavy (non-hydrogen) atoms. The van der Waals surface area contributed by atoms with Crippen LogP contribution >= 0.6 is 0 Å². The lowest BCUT2D eigenvalue weighted by atomic mass is 9.51. The number of hydrogen-bond donors (Lipinski definition) is 2. The van der Waals surface area contributed by atoms with E-state index in [0.29, 0.717) is 12.3 Å². The van der Waals surface area contributed by atoms with Crippen molar-refractivity contribution in [2.75, 3.05) is 0 Å². The summed E-state index contributed by atoms with van der Waals surface area (Å²) in [7, 11) is 0. The standard InChI is InChI=1S/C21H35NO3/c1-12(2)10-16-19(6,7)21(16,18(24)25)20(17(22)23)11-14(5)8-9-15(20)13(3)4/h10,13-16H,8-9,11H2,1-7H3,(H2,22,23)(H,24,25)/t14-,15+,16-,20-,21+/m0/s1. The quantitative estimate of drug-likeness (QED) is 0.728. The van der Waals surface area contributed by atoms with Crippen LogP contribution in [0.2, 0.25) is 0 Å². The Bertz CT molecular complexity index is 602. The third-order valence-corrected chi connectivity index (χ3v) is 7.24. The maximum atomic E-state index is 13.0. The van der Waals surface area contributed by atoms with Gasteiger partial charge in [-0.2, -0.15) is 0 Å². The summed E-state index contributed by atoms with van der Waals surface area (Å²) in [5, 5.41) is 10.4. The molecule has 0 aromatic heterocycles. The molecule has 2 aliphatic carbocycles. The molecular weight excluding hydrogens is 314 g/mol. The average molecular weight is 350 g/mol. The van der Waals surface area contributed by atoms with Crippen molar-refractivity contribution in [1.82, 2.24) is 0 Å². The minimum absolute atomic E-state index is 0.00661. The molecule has 2 aliphatic rings. The van der Waals surface area contributed by atoms with E-state index in [1.165, 1.54) is 0 Å². The van der Waals surface area contributed by atoms with Gasteiger partial charge < -0.3 is 10.8 Å². The van der Waals surface area contributed by atoms with Crippen LogP contribution < -0.4 is 5.73 Å². The summed E-state index contributed by atoms with van der Waals surface area (Å²) in [4.78, 5) is 25.7. The Labute approximate surface area is 152 Å². The second kappa shape index (κ2) is 6.14. The molecule has 5 atom stereocenters. The number of carboxylic acids is 1. The van der Waals surface area contributed by atoms with Crippen molar-refractivity contribution < 1.29 is 14.7 Å². The fourth-order valence-corrected chi connectivity index (χ4v) is 6.27. The number of carbonyl (C=O) groups excluding carboxylic acids is 1. The van der Waals surface area contributed by atoms with E-state index in [0.717, 1.165) is 18.4 Å². The highest BCUT2D eigenvalue weighted by molar-refractivity contribution is 5.94.